The number of rotatable bonds is 1. The van der Waals surface area contributed by atoms with E-state index in [4.69, 9.17) is 27.6 Å². The fourth-order valence-electron chi connectivity index (χ4n) is 1.12. The SMILES string of the molecule is O=Cc1cc2ccc(Cl)c(Cl)c2o1. The Balaban J connectivity index is 2.83. The van der Waals surface area contributed by atoms with Gasteiger partial charge in [0, 0.05) is 5.39 Å². The number of hydrogen-bond donors (Lipinski definition) is 0. The van der Waals surface area contributed by atoms with Gasteiger partial charge in [0.05, 0.1) is 5.02 Å². The van der Waals surface area contributed by atoms with E-state index in [1.165, 1.54) is 0 Å². The Kier molecular flexibility index (Phi) is 2.02. The highest BCUT2D eigenvalue weighted by molar-refractivity contribution is 6.44. The van der Waals surface area contributed by atoms with Gasteiger partial charge in [-0.3, -0.25) is 4.79 Å². The summed E-state index contributed by atoms with van der Waals surface area (Å²) in [5.41, 5.74) is 0.455. The van der Waals surface area contributed by atoms with Crippen LogP contribution in [0.5, 0.6) is 0 Å². The summed E-state index contributed by atoms with van der Waals surface area (Å²) in [5, 5.41) is 1.53. The Morgan fingerprint density at radius 2 is 2.08 bits per heavy atom. The van der Waals surface area contributed by atoms with E-state index in [0.29, 0.717) is 21.9 Å². The van der Waals surface area contributed by atoms with Gasteiger partial charge in [-0.25, -0.2) is 0 Å². The first-order chi connectivity index (χ1) is 6.22. The third-order valence-electron chi connectivity index (χ3n) is 1.71. The van der Waals surface area contributed by atoms with Crippen LogP contribution in [0.1, 0.15) is 10.6 Å². The van der Waals surface area contributed by atoms with Gasteiger partial charge in [0.25, 0.3) is 0 Å². The minimum Gasteiger partial charge on any atom is -0.452 e. The fourth-order valence-corrected chi connectivity index (χ4v) is 1.48. The summed E-state index contributed by atoms with van der Waals surface area (Å²) in [6.07, 6.45) is 0.629. The second kappa shape index (κ2) is 3.05. The van der Waals surface area contributed by atoms with E-state index in [2.05, 4.69) is 0 Å². The van der Waals surface area contributed by atoms with Crippen molar-refractivity contribution in [3.8, 4) is 0 Å². The van der Waals surface area contributed by atoms with Crippen LogP contribution in [-0.2, 0) is 0 Å². The third kappa shape index (κ3) is 1.32. The molecule has 1 aromatic carbocycles. The van der Waals surface area contributed by atoms with Crippen molar-refractivity contribution in [3.63, 3.8) is 0 Å². The number of aldehydes is 1. The maximum Gasteiger partial charge on any atom is 0.185 e. The zero-order valence-corrected chi connectivity index (χ0v) is 7.89. The first-order valence-corrected chi connectivity index (χ1v) is 4.30. The topological polar surface area (TPSA) is 30.2 Å². The Bertz CT molecular complexity index is 474. The van der Waals surface area contributed by atoms with Crippen molar-refractivity contribution in [2.75, 3.05) is 0 Å². The van der Waals surface area contributed by atoms with Crippen LogP contribution in [0.25, 0.3) is 11.0 Å². The number of fused-ring (bicyclic) bond motifs is 1. The molecular formula is C9H4Cl2O2. The van der Waals surface area contributed by atoms with Gasteiger partial charge >= 0.3 is 0 Å². The highest BCUT2D eigenvalue weighted by Crippen LogP contribution is 2.32. The molecule has 2 aromatic rings. The highest BCUT2D eigenvalue weighted by atomic mass is 35.5. The summed E-state index contributed by atoms with van der Waals surface area (Å²) >= 11 is 11.6. The lowest BCUT2D eigenvalue weighted by Crippen LogP contribution is -1.68. The molecule has 4 heteroatoms. The largest absolute Gasteiger partial charge is 0.452 e. The molecule has 0 atom stereocenters. The molecule has 66 valence electrons. The molecule has 1 aromatic heterocycles. The Morgan fingerprint density at radius 1 is 1.31 bits per heavy atom. The standard InChI is InChI=1S/C9H4Cl2O2/c10-7-2-1-5-3-6(4-12)13-9(5)8(7)11/h1-4H. The van der Waals surface area contributed by atoms with Crippen molar-refractivity contribution < 1.29 is 9.21 Å². The molecule has 0 aliphatic carbocycles. The molecule has 13 heavy (non-hydrogen) atoms. The molecule has 0 spiro atoms. The van der Waals surface area contributed by atoms with Gasteiger partial charge in [0.2, 0.25) is 0 Å². The fraction of sp³-hybridized carbons (Fsp3) is 0. The lowest BCUT2D eigenvalue weighted by atomic mass is 10.2. The van der Waals surface area contributed by atoms with E-state index in [1.54, 1.807) is 18.2 Å². The van der Waals surface area contributed by atoms with Crippen LogP contribution < -0.4 is 0 Å². The lowest BCUT2D eigenvalue weighted by molar-refractivity contribution is 0.110. The summed E-state index contributed by atoms with van der Waals surface area (Å²) < 4.78 is 5.14. The molecule has 0 fully saturated rings. The minimum atomic E-state index is 0.249. The molecule has 0 bridgehead atoms. The van der Waals surface area contributed by atoms with E-state index in [1.807, 2.05) is 0 Å². The number of carbonyl (C=O) groups excluding carboxylic acids is 1. The predicted molar refractivity (Wildman–Crippen MR) is 51.6 cm³/mol. The van der Waals surface area contributed by atoms with Crippen LogP contribution in [-0.4, -0.2) is 6.29 Å². The van der Waals surface area contributed by atoms with Crippen molar-refractivity contribution in [3.05, 3.63) is 34.0 Å². The molecule has 0 unspecified atom stereocenters. The van der Waals surface area contributed by atoms with Crippen molar-refractivity contribution in [2.24, 2.45) is 0 Å². The number of furan rings is 1. The predicted octanol–water partition coefficient (Wildman–Crippen LogP) is 3.55. The summed E-state index contributed by atoms with van der Waals surface area (Å²) in [5.74, 6) is 0.249. The van der Waals surface area contributed by atoms with E-state index in [0.717, 1.165) is 5.39 Å². The molecular weight excluding hydrogens is 211 g/mol. The number of halogens is 2. The zero-order valence-electron chi connectivity index (χ0n) is 6.38. The molecule has 0 radical (unpaired) electrons. The van der Waals surface area contributed by atoms with Crippen LogP contribution in [0.15, 0.2) is 22.6 Å². The maximum atomic E-state index is 10.4. The van der Waals surface area contributed by atoms with Crippen LogP contribution in [0.3, 0.4) is 0 Å². The van der Waals surface area contributed by atoms with Gasteiger partial charge < -0.3 is 4.42 Å². The Morgan fingerprint density at radius 3 is 2.77 bits per heavy atom. The average Bonchev–Trinajstić information content (AvgIpc) is 2.55. The normalized spacial score (nSPS) is 10.6. The van der Waals surface area contributed by atoms with Gasteiger partial charge in [-0.15, -0.1) is 0 Å². The molecule has 0 N–H and O–H groups in total. The van der Waals surface area contributed by atoms with E-state index < -0.39 is 0 Å². The van der Waals surface area contributed by atoms with Crippen molar-refractivity contribution in [2.45, 2.75) is 0 Å². The highest BCUT2D eigenvalue weighted by Gasteiger charge is 2.09. The molecule has 0 saturated heterocycles. The van der Waals surface area contributed by atoms with E-state index in [9.17, 15) is 4.79 Å². The molecule has 0 amide bonds. The van der Waals surface area contributed by atoms with Crippen molar-refractivity contribution in [1.29, 1.82) is 0 Å². The number of carbonyl (C=O) groups is 1. The quantitative estimate of drug-likeness (QED) is 0.680. The third-order valence-corrected chi connectivity index (χ3v) is 2.50. The van der Waals surface area contributed by atoms with Gasteiger partial charge in [0.1, 0.15) is 5.02 Å². The Hall–Kier alpha value is -0.990. The zero-order chi connectivity index (χ0) is 9.42. The summed E-state index contributed by atoms with van der Waals surface area (Å²) in [4.78, 5) is 10.4. The maximum absolute atomic E-state index is 10.4. The Labute approximate surface area is 84.0 Å². The number of benzene rings is 1. The van der Waals surface area contributed by atoms with Crippen molar-refractivity contribution in [1.82, 2.24) is 0 Å². The molecule has 2 nitrogen and oxygen atoms in total. The van der Waals surface area contributed by atoms with Crippen molar-refractivity contribution >= 4 is 40.5 Å². The van der Waals surface area contributed by atoms with Gasteiger partial charge in [0.15, 0.2) is 17.6 Å². The summed E-state index contributed by atoms with van der Waals surface area (Å²) in [6.45, 7) is 0. The van der Waals surface area contributed by atoms with E-state index in [-0.39, 0.29) is 5.76 Å². The van der Waals surface area contributed by atoms with Gasteiger partial charge in [-0.1, -0.05) is 23.2 Å². The monoisotopic (exact) mass is 214 g/mol. The van der Waals surface area contributed by atoms with Crippen LogP contribution >= 0.6 is 23.2 Å². The van der Waals surface area contributed by atoms with Crippen LogP contribution in [0.4, 0.5) is 0 Å². The number of hydrogen-bond acceptors (Lipinski definition) is 2. The van der Waals surface area contributed by atoms with Gasteiger partial charge in [-0.2, -0.15) is 0 Å². The second-order valence-electron chi connectivity index (χ2n) is 2.55. The second-order valence-corrected chi connectivity index (χ2v) is 3.33. The summed E-state index contributed by atoms with van der Waals surface area (Å²) in [7, 11) is 0. The molecule has 0 saturated carbocycles. The lowest BCUT2D eigenvalue weighted by Gasteiger charge is -1.93. The minimum absolute atomic E-state index is 0.249. The van der Waals surface area contributed by atoms with E-state index >= 15 is 0 Å². The molecule has 0 aliphatic rings. The smallest absolute Gasteiger partial charge is 0.185 e. The van der Waals surface area contributed by atoms with Crippen LogP contribution in [0.2, 0.25) is 10.0 Å². The molecule has 0 aliphatic heterocycles. The van der Waals surface area contributed by atoms with Crippen LogP contribution in [0, 0.1) is 0 Å². The average molecular weight is 215 g/mol. The summed E-state index contributed by atoms with van der Waals surface area (Å²) in [6, 6.07) is 5.03. The molecule has 1 heterocycles. The first-order valence-electron chi connectivity index (χ1n) is 3.55. The van der Waals surface area contributed by atoms with Gasteiger partial charge in [-0.05, 0) is 18.2 Å². The molecule has 2 rings (SSSR count). The first kappa shape index (κ1) is 8.60.